The summed E-state index contributed by atoms with van der Waals surface area (Å²) in [5.74, 6) is 0.662. The normalized spacial score (nSPS) is 15.1. The number of hydrogen-bond donors (Lipinski definition) is 1. The van der Waals surface area contributed by atoms with Gasteiger partial charge in [0.15, 0.2) is 0 Å². The second kappa shape index (κ2) is 4.49. The first-order chi connectivity index (χ1) is 7.35. The summed E-state index contributed by atoms with van der Waals surface area (Å²) >= 11 is 0. The number of anilines is 1. The molecule has 1 heterocycles. The molecule has 0 amide bonds. The molecule has 0 atom stereocenters. The smallest absolute Gasteiger partial charge is 0.214 e. The molecule has 0 aromatic carbocycles. The Morgan fingerprint density at radius 1 is 1.60 bits per heavy atom. The van der Waals surface area contributed by atoms with Gasteiger partial charge < -0.3 is 15.4 Å². The molecule has 2 N–H and O–H groups in total. The van der Waals surface area contributed by atoms with Gasteiger partial charge in [-0.1, -0.05) is 0 Å². The van der Waals surface area contributed by atoms with E-state index in [0.29, 0.717) is 18.5 Å². The third kappa shape index (κ3) is 2.39. The molecule has 0 saturated heterocycles. The minimum atomic E-state index is 0.662. The number of pyridine rings is 1. The van der Waals surface area contributed by atoms with E-state index in [2.05, 4.69) is 9.88 Å². The van der Waals surface area contributed by atoms with E-state index < -0.39 is 0 Å². The maximum Gasteiger partial charge on any atom is 0.214 e. The zero-order valence-electron chi connectivity index (χ0n) is 9.02. The zero-order chi connectivity index (χ0) is 10.7. The molecule has 4 heteroatoms. The fourth-order valence-corrected chi connectivity index (χ4v) is 1.74. The van der Waals surface area contributed by atoms with Crippen molar-refractivity contribution in [2.24, 2.45) is 5.73 Å². The van der Waals surface area contributed by atoms with Crippen LogP contribution in [0, 0.1) is 0 Å². The van der Waals surface area contributed by atoms with Gasteiger partial charge in [0, 0.05) is 37.1 Å². The van der Waals surface area contributed by atoms with Crippen LogP contribution < -0.4 is 15.4 Å². The molecule has 0 bridgehead atoms. The highest BCUT2D eigenvalue weighted by molar-refractivity contribution is 5.50. The predicted octanol–water partition coefficient (Wildman–Crippen LogP) is 1.02. The third-order valence-electron chi connectivity index (χ3n) is 2.62. The number of hydrogen-bond acceptors (Lipinski definition) is 4. The van der Waals surface area contributed by atoms with Gasteiger partial charge in [0.05, 0.1) is 7.11 Å². The van der Waals surface area contributed by atoms with Crippen molar-refractivity contribution in [2.75, 3.05) is 25.1 Å². The molecule has 1 aliphatic carbocycles. The van der Waals surface area contributed by atoms with Crippen LogP contribution in [0.1, 0.15) is 12.8 Å². The summed E-state index contributed by atoms with van der Waals surface area (Å²) in [6.07, 6.45) is 4.31. The molecule has 4 nitrogen and oxygen atoms in total. The Morgan fingerprint density at radius 3 is 3.00 bits per heavy atom. The summed E-state index contributed by atoms with van der Waals surface area (Å²) in [6, 6.07) is 4.64. The van der Waals surface area contributed by atoms with Crippen LogP contribution in [0.25, 0.3) is 0 Å². The maximum atomic E-state index is 5.61. The van der Waals surface area contributed by atoms with Gasteiger partial charge in [-0.25, -0.2) is 4.98 Å². The lowest BCUT2D eigenvalue weighted by molar-refractivity contribution is 0.398. The molecule has 1 aromatic heterocycles. The van der Waals surface area contributed by atoms with Crippen LogP contribution in [-0.4, -0.2) is 31.2 Å². The van der Waals surface area contributed by atoms with Crippen molar-refractivity contribution in [3.8, 4) is 5.88 Å². The van der Waals surface area contributed by atoms with Crippen molar-refractivity contribution < 1.29 is 4.74 Å². The number of nitrogens with two attached hydrogens (primary N) is 1. The Balaban J connectivity index is 2.16. The summed E-state index contributed by atoms with van der Waals surface area (Å²) in [5.41, 5.74) is 6.78. The average Bonchev–Trinajstić information content (AvgIpc) is 3.10. The SMILES string of the molecule is COc1cc(N(CCN)C2CC2)ccn1. The van der Waals surface area contributed by atoms with Gasteiger partial charge in [0.2, 0.25) is 5.88 Å². The van der Waals surface area contributed by atoms with E-state index in [9.17, 15) is 0 Å². The van der Waals surface area contributed by atoms with E-state index in [1.54, 1.807) is 13.3 Å². The summed E-state index contributed by atoms with van der Waals surface area (Å²) < 4.78 is 5.11. The summed E-state index contributed by atoms with van der Waals surface area (Å²) in [6.45, 7) is 1.58. The molecule has 0 spiro atoms. The van der Waals surface area contributed by atoms with Gasteiger partial charge in [-0.3, -0.25) is 0 Å². The third-order valence-corrected chi connectivity index (χ3v) is 2.62. The molecule has 0 aliphatic heterocycles. The lowest BCUT2D eigenvalue weighted by Crippen LogP contribution is -2.31. The monoisotopic (exact) mass is 207 g/mol. The number of methoxy groups -OCH3 is 1. The van der Waals surface area contributed by atoms with Gasteiger partial charge >= 0.3 is 0 Å². The Labute approximate surface area is 90.0 Å². The van der Waals surface area contributed by atoms with Crippen LogP contribution in [0.4, 0.5) is 5.69 Å². The van der Waals surface area contributed by atoms with Crippen LogP contribution in [-0.2, 0) is 0 Å². The van der Waals surface area contributed by atoms with Crippen molar-refractivity contribution in [1.29, 1.82) is 0 Å². The lowest BCUT2D eigenvalue weighted by atomic mass is 10.3. The van der Waals surface area contributed by atoms with Gasteiger partial charge in [-0.2, -0.15) is 0 Å². The van der Waals surface area contributed by atoms with E-state index in [0.717, 1.165) is 12.2 Å². The minimum absolute atomic E-state index is 0.662. The second-order valence-corrected chi connectivity index (χ2v) is 3.77. The van der Waals surface area contributed by atoms with Gasteiger partial charge in [0.25, 0.3) is 0 Å². The van der Waals surface area contributed by atoms with Crippen LogP contribution in [0.5, 0.6) is 5.88 Å². The lowest BCUT2D eigenvalue weighted by Gasteiger charge is -2.23. The molecule has 1 aromatic rings. The topological polar surface area (TPSA) is 51.4 Å². The van der Waals surface area contributed by atoms with Crippen LogP contribution in [0.15, 0.2) is 18.3 Å². The maximum absolute atomic E-state index is 5.61. The van der Waals surface area contributed by atoms with Crippen molar-refractivity contribution in [3.05, 3.63) is 18.3 Å². The quantitative estimate of drug-likeness (QED) is 0.783. The van der Waals surface area contributed by atoms with E-state index in [1.165, 1.54) is 12.8 Å². The van der Waals surface area contributed by atoms with E-state index >= 15 is 0 Å². The highest BCUT2D eigenvalue weighted by atomic mass is 16.5. The van der Waals surface area contributed by atoms with Crippen molar-refractivity contribution in [1.82, 2.24) is 4.98 Å². The first-order valence-corrected chi connectivity index (χ1v) is 5.32. The van der Waals surface area contributed by atoms with Crippen LogP contribution >= 0.6 is 0 Å². The summed E-state index contributed by atoms with van der Waals surface area (Å²) in [7, 11) is 1.64. The predicted molar refractivity (Wildman–Crippen MR) is 60.2 cm³/mol. The first-order valence-electron chi connectivity index (χ1n) is 5.32. The molecule has 1 fully saturated rings. The minimum Gasteiger partial charge on any atom is -0.481 e. The Bertz CT molecular complexity index is 325. The zero-order valence-corrected chi connectivity index (χ0v) is 9.02. The number of aromatic nitrogens is 1. The standard InChI is InChI=1S/C11H17N3O/c1-15-11-8-10(4-6-13-11)14(7-5-12)9-2-3-9/h4,6,8-9H,2-3,5,7,12H2,1H3. The molecule has 0 unspecified atom stereocenters. The molecule has 1 aliphatic rings. The average molecular weight is 207 g/mol. The fourth-order valence-electron chi connectivity index (χ4n) is 1.74. The molecule has 0 radical (unpaired) electrons. The van der Waals surface area contributed by atoms with E-state index in [1.807, 2.05) is 12.1 Å². The van der Waals surface area contributed by atoms with Crippen LogP contribution in [0.2, 0.25) is 0 Å². The van der Waals surface area contributed by atoms with Crippen molar-refractivity contribution >= 4 is 5.69 Å². The molecular weight excluding hydrogens is 190 g/mol. The second-order valence-electron chi connectivity index (χ2n) is 3.77. The summed E-state index contributed by atoms with van der Waals surface area (Å²) in [4.78, 5) is 6.44. The largest absolute Gasteiger partial charge is 0.481 e. The first kappa shape index (κ1) is 10.2. The summed E-state index contributed by atoms with van der Waals surface area (Å²) in [5, 5.41) is 0. The van der Waals surface area contributed by atoms with E-state index in [-0.39, 0.29) is 0 Å². The van der Waals surface area contributed by atoms with E-state index in [4.69, 9.17) is 10.5 Å². The van der Waals surface area contributed by atoms with Crippen molar-refractivity contribution in [3.63, 3.8) is 0 Å². The number of rotatable bonds is 5. The number of nitrogens with zero attached hydrogens (tertiary/aromatic N) is 2. The van der Waals surface area contributed by atoms with Crippen molar-refractivity contribution in [2.45, 2.75) is 18.9 Å². The highest BCUT2D eigenvalue weighted by Crippen LogP contribution is 2.32. The molecule has 15 heavy (non-hydrogen) atoms. The molecule has 2 rings (SSSR count). The van der Waals surface area contributed by atoms with Crippen LogP contribution in [0.3, 0.4) is 0 Å². The Hall–Kier alpha value is -1.29. The fraction of sp³-hybridized carbons (Fsp3) is 0.545. The molecule has 82 valence electrons. The number of ether oxygens (including phenoxy) is 1. The highest BCUT2D eigenvalue weighted by Gasteiger charge is 2.28. The Kier molecular flexibility index (Phi) is 3.06. The van der Waals surface area contributed by atoms with Gasteiger partial charge in [-0.15, -0.1) is 0 Å². The van der Waals surface area contributed by atoms with Gasteiger partial charge in [-0.05, 0) is 18.9 Å². The molecular formula is C11H17N3O. The Morgan fingerprint density at radius 2 is 2.40 bits per heavy atom. The molecule has 1 saturated carbocycles. The van der Waals surface area contributed by atoms with Gasteiger partial charge in [0.1, 0.15) is 0 Å².